The summed E-state index contributed by atoms with van der Waals surface area (Å²) < 4.78 is 0. The minimum Gasteiger partial charge on any atom is -0.375 e. The normalized spacial score (nSPS) is 16.9. The molecule has 4 heteroatoms. The molecule has 0 bridgehead atoms. The van der Waals surface area contributed by atoms with E-state index in [0.29, 0.717) is 13.0 Å². The van der Waals surface area contributed by atoms with E-state index >= 15 is 0 Å². The molecule has 1 heterocycles. The summed E-state index contributed by atoms with van der Waals surface area (Å²) in [6.07, 6.45) is 34.3. The molecule has 0 aromatic carbocycles. The Morgan fingerprint density at radius 2 is 1.08 bits per heavy atom. The Balaban J connectivity index is 1.74. The van der Waals surface area contributed by atoms with Gasteiger partial charge in [0.1, 0.15) is 12.4 Å². The zero-order valence-electron chi connectivity index (χ0n) is 24.8. The summed E-state index contributed by atoms with van der Waals surface area (Å²) in [5.41, 5.74) is 0. The molecule has 0 aromatic heterocycles. The van der Waals surface area contributed by atoms with Gasteiger partial charge in [0.05, 0.1) is 0 Å². The first-order valence-corrected chi connectivity index (χ1v) is 16.5. The van der Waals surface area contributed by atoms with Gasteiger partial charge in [-0.2, -0.15) is 0 Å². The Labute approximate surface area is 231 Å². The summed E-state index contributed by atoms with van der Waals surface area (Å²) in [4.78, 5) is 14.3. The predicted molar refractivity (Wildman–Crippen MR) is 161 cm³/mol. The second kappa shape index (κ2) is 25.6. The zero-order chi connectivity index (χ0) is 26.8. The molecular formula is C33H64N2O2. The van der Waals surface area contributed by atoms with Crippen molar-refractivity contribution in [1.82, 2.24) is 10.2 Å². The fourth-order valence-corrected chi connectivity index (χ4v) is 5.69. The van der Waals surface area contributed by atoms with E-state index in [1.54, 1.807) is 4.90 Å². The summed E-state index contributed by atoms with van der Waals surface area (Å²) in [6, 6.07) is 0. The molecule has 2 unspecified atom stereocenters. The lowest BCUT2D eigenvalue weighted by Crippen LogP contribution is -2.47. The first kappa shape index (κ1) is 34.3. The molecule has 1 aliphatic heterocycles. The number of rotatable bonds is 28. The van der Waals surface area contributed by atoms with Gasteiger partial charge in [0.25, 0.3) is 0 Å². The molecule has 0 radical (unpaired) electrons. The number of hydrogen-bond donors (Lipinski definition) is 2. The lowest BCUT2D eigenvalue weighted by molar-refractivity contribution is -0.127. The van der Waals surface area contributed by atoms with Crippen LogP contribution in [0.4, 0.5) is 0 Å². The van der Waals surface area contributed by atoms with Crippen LogP contribution in [0.15, 0.2) is 12.7 Å². The van der Waals surface area contributed by atoms with Crippen molar-refractivity contribution in [3.8, 4) is 0 Å². The van der Waals surface area contributed by atoms with Crippen molar-refractivity contribution < 1.29 is 9.90 Å². The number of unbranched alkanes of at least 4 members (excludes halogenated alkanes) is 23. The molecule has 0 aromatic rings. The second-order valence-corrected chi connectivity index (χ2v) is 11.6. The number of carbonyl (C=O) groups excluding carboxylic acids is 1. The number of ketones is 1. The third-order valence-corrected chi connectivity index (χ3v) is 8.17. The summed E-state index contributed by atoms with van der Waals surface area (Å²) in [5, 5.41) is 13.2. The van der Waals surface area contributed by atoms with Crippen LogP contribution >= 0.6 is 0 Å². The van der Waals surface area contributed by atoms with Crippen LogP contribution in [0.5, 0.6) is 0 Å². The van der Waals surface area contributed by atoms with Crippen LogP contribution in [0.1, 0.15) is 167 Å². The van der Waals surface area contributed by atoms with Gasteiger partial charge >= 0.3 is 0 Å². The summed E-state index contributed by atoms with van der Waals surface area (Å²) >= 11 is 0. The Bertz CT molecular complexity index is 524. The van der Waals surface area contributed by atoms with Crippen molar-refractivity contribution in [3.63, 3.8) is 0 Å². The molecule has 1 fully saturated rings. The van der Waals surface area contributed by atoms with Gasteiger partial charge in [0, 0.05) is 19.5 Å². The molecule has 2 atom stereocenters. The first-order chi connectivity index (χ1) is 18.2. The number of aliphatic hydroxyl groups excluding tert-OH is 1. The van der Waals surface area contributed by atoms with Crippen LogP contribution in [0, 0.1) is 0 Å². The average Bonchev–Trinajstić information content (AvgIpc) is 3.41. The third kappa shape index (κ3) is 19.1. The fraction of sp³-hybridized carbons (Fsp3) is 0.909. The van der Waals surface area contributed by atoms with E-state index in [1.807, 2.05) is 0 Å². The number of aliphatic hydroxyl groups is 1. The molecule has 0 spiro atoms. The monoisotopic (exact) mass is 520 g/mol. The van der Waals surface area contributed by atoms with Crippen LogP contribution < -0.4 is 5.32 Å². The molecule has 37 heavy (non-hydrogen) atoms. The fourth-order valence-electron chi connectivity index (χ4n) is 5.69. The Morgan fingerprint density at radius 1 is 0.730 bits per heavy atom. The highest BCUT2D eigenvalue weighted by Gasteiger charge is 2.32. The number of Topliss-reactive ketones (excluding diaryl/α,β-unsaturated/α-hetero) is 1. The van der Waals surface area contributed by atoms with Crippen molar-refractivity contribution in [1.29, 1.82) is 0 Å². The van der Waals surface area contributed by atoms with Crippen LogP contribution in [0.25, 0.3) is 0 Å². The number of nitrogens with one attached hydrogen (secondary N) is 1. The minimum absolute atomic E-state index is 0.206. The molecule has 0 amide bonds. The van der Waals surface area contributed by atoms with Crippen molar-refractivity contribution in [2.24, 2.45) is 0 Å². The van der Waals surface area contributed by atoms with E-state index in [9.17, 15) is 9.90 Å². The maximum Gasteiger partial charge on any atom is 0.164 e. The number of nitrogens with zero attached hydrogens (tertiary/aromatic N) is 1. The van der Waals surface area contributed by atoms with E-state index in [4.69, 9.17) is 0 Å². The van der Waals surface area contributed by atoms with E-state index in [2.05, 4.69) is 18.8 Å². The molecule has 218 valence electrons. The Morgan fingerprint density at radius 3 is 1.43 bits per heavy atom. The molecule has 1 rings (SSSR count). The Kier molecular flexibility index (Phi) is 23.7. The average molecular weight is 521 g/mol. The van der Waals surface area contributed by atoms with Gasteiger partial charge in [-0.05, 0) is 12.5 Å². The number of carbonyl (C=O) groups is 1. The van der Waals surface area contributed by atoms with Crippen molar-refractivity contribution >= 4 is 5.78 Å². The molecule has 1 aliphatic rings. The van der Waals surface area contributed by atoms with Gasteiger partial charge in [-0.25, -0.2) is 0 Å². The van der Waals surface area contributed by atoms with Crippen LogP contribution in [-0.4, -0.2) is 41.3 Å². The molecule has 2 N–H and O–H groups in total. The maximum absolute atomic E-state index is 12.5. The minimum atomic E-state index is -0.733. The summed E-state index contributed by atoms with van der Waals surface area (Å²) in [6.45, 7) is 7.37. The third-order valence-electron chi connectivity index (χ3n) is 8.17. The smallest absolute Gasteiger partial charge is 0.164 e. The molecule has 0 saturated carbocycles. The van der Waals surface area contributed by atoms with Crippen LogP contribution in [0.2, 0.25) is 0 Å². The van der Waals surface area contributed by atoms with E-state index < -0.39 is 6.23 Å². The van der Waals surface area contributed by atoms with Gasteiger partial charge in [0.2, 0.25) is 0 Å². The van der Waals surface area contributed by atoms with Gasteiger partial charge < -0.3 is 5.11 Å². The SMILES string of the molecule is C=CC(O)N1CCNC1C(=O)CCCCCCCCCCCCCCCCCCCCCCCCCC. The predicted octanol–water partition coefficient (Wildman–Crippen LogP) is 9.06. The molecule has 1 saturated heterocycles. The second-order valence-electron chi connectivity index (χ2n) is 11.6. The highest BCUT2D eigenvalue weighted by atomic mass is 16.3. The van der Waals surface area contributed by atoms with Crippen LogP contribution in [0.3, 0.4) is 0 Å². The standard InChI is InChI=1S/C33H64N2O2/c1-3-5-6-7-8-9-10-11-12-13-14-15-16-17-18-19-20-21-22-23-24-25-26-27-28-31(36)33-34-29-30-35(33)32(37)4-2/h4,32-34,37H,2-3,5-30H2,1H3. The highest BCUT2D eigenvalue weighted by molar-refractivity contribution is 5.83. The molecule has 0 aliphatic carbocycles. The van der Waals surface area contributed by atoms with Crippen molar-refractivity contribution in [3.05, 3.63) is 12.7 Å². The van der Waals surface area contributed by atoms with Gasteiger partial charge in [0.15, 0.2) is 5.78 Å². The first-order valence-electron chi connectivity index (χ1n) is 16.5. The van der Waals surface area contributed by atoms with Crippen LogP contribution in [-0.2, 0) is 4.79 Å². The lowest BCUT2D eigenvalue weighted by Gasteiger charge is -2.25. The van der Waals surface area contributed by atoms with Gasteiger partial charge in [-0.3, -0.25) is 15.0 Å². The highest BCUT2D eigenvalue weighted by Crippen LogP contribution is 2.17. The number of hydrogen-bond acceptors (Lipinski definition) is 4. The van der Waals surface area contributed by atoms with E-state index in [0.717, 1.165) is 19.4 Å². The lowest BCUT2D eigenvalue weighted by atomic mass is 10.0. The largest absolute Gasteiger partial charge is 0.375 e. The van der Waals surface area contributed by atoms with Crippen molar-refractivity contribution in [2.75, 3.05) is 13.1 Å². The van der Waals surface area contributed by atoms with Gasteiger partial charge in [-0.1, -0.05) is 161 Å². The van der Waals surface area contributed by atoms with Crippen molar-refractivity contribution in [2.45, 2.75) is 180 Å². The topological polar surface area (TPSA) is 52.6 Å². The zero-order valence-corrected chi connectivity index (χ0v) is 24.8. The quantitative estimate of drug-likeness (QED) is 0.0798. The van der Waals surface area contributed by atoms with Gasteiger partial charge in [-0.15, -0.1) is 0 Å². The molecule has 4 nitrogen and oxygen atoms in total. The Hall–Kier alpha value is -0.710. The maximum atomic E-state index is 12.5. The van der Waals surface area contributed by atoms with E-state index in [1.165, 1.54) is 147 Å². The summed E-state index contributed by atoms with van der Waals surface area (Å²) in [5.74, 6) is 0.206. The summed E-state index contributed by atoms with van der Waals surface area (Å²) in [7, 11) is 0. The molecular weight excluding hydrogens is 456 g/mol. The van der Waals surface area contributed by atoms with E-state index in [-0.39, 0.29) is 11.9 Å².